The van der Waals surface area contributed by atoms with Gasteiger partial charge in [0, 0.05) is 10.4 Å². The first kappa shape index (κ1) is 25.9. The van der Waals surface area contributed by atoms with Gasteiger partial charge in [0.05, 0.1) is 29.2 Å². The molecular formula is C27H24BrClFN3O3. The van der Waals surface area contributed by atoms with Crippen LogP contribution in [0.4, 0.5) is 4.39 Å². The number of hydrogen-bond donors (Lipinski definition) is 0. The van der Waals surface area contributed by atoms with E-state index in [1.165, 1.54) is 30.1 Å². The van der Waals surface area contributed by atoms with Gasteiger partial charge in [-0.2, -0.15) is 9.78 Å². The van der Waals surface area contributed by atoms with Crippen molar-refractivity contribution in [3.63, 3.8) is 0 Å². The number of benzene rings is 3. The highest BCUT2D eigenvalue weighted by atomic mass is 79.9. The normalized spacial score (nSPS) is 12.3. The lowest BCUT2D eigenvalue weighted by molar-refractivity contribution is 0.284. The topological polar surface area (TPSA) is 65.7 Å². The van der Waals surface area contributed by atoms with Crippen LogP contribution in [-0.2, 0) is 6.61 Å². The van der Waals surface area contributed by atoms with Crippen LogP contribution in [0.15, 0.2) is 69.0 Å². The maximum absolute atomic E-state index is 13.3. The molecule has 0 aliphatic heterocycles. The van der Waals surface area contributed by atoms with E-state index in [4.69, 9.17) is 26.1 Å². The number of halogens is 3. The highest BCUT2D eigenvalue weighted by Crippen LogP contribution is 2.36. The van der Waals surface area contributed by atoms with Crippen molar-refractivity contribution in [3.8, 4) is 11.5 Å². The van der Waals surface area contributed by atoms with E-state index in [9.17, 15) is 9.18 Å². The van der Waals surface area contributed by atoms with E-state index in [0.717, 1.165) is 16.5 Å². The molecular weight excluding hydrogens is 549 g/mol. The minimum atomic E-state index is -0.317. The Morgan fingerprint density at radius 3 is 2.64 bits per heavy atom. The van der Waals surface area contributed by atoms with Gasteiger partial charge in [-0.1, -0.05) is 53.5 Å². The van der Waals surface area contributed by atoms with Crippen molar-refractivity contribution in [1.29, 1.82) is 0 Å². The SMILES string of the molecule is CC[C@@H](C)c1nc2ccc(Br)cc2c(=O)n1N=Cc1cc(Cl)c(OCc2ccc(F)cc2)c(OC)c1. The van der Waals surface area contributed by atoms with Gasteiger partial charge in [-0.05, 0) is 60.0 Å². The number of nitrogens with zero attached hydrogens (tertiary/aromatic N) is 3. The van der Waals surface area contributed by atoms with Gasteiger partial charge < -0.3 is 9.47 Å². The van der Waals surface area contributed by atoms with Crippen LogP contribution in [0.25, 0.3) is 10.9 Å². The monoisotopic (exact) mass is 571 g/mol. The average Bonchev–Trinajstić information content (AvgIpc) is 2.87. The largest absolute Gasteiger partial charge is 0.493 e. The van der Waals surface area contributed by atoms with Crippen molar-refractivity contribution in [3.05, 3.63) is 97.2 Å². The highest BCUT2D eigenvalue weighted by molar-refractivity contribution is 9.10. The highest BCUT2D eigenvalue weighted by Gasteiger charge is 2.16. The second-order valence-electron chi connectivity index (χ2n) is 8.25. The van der Waals surface area contributed by atoms with Gasteiger partial charge in [-0.25, -0.2) is 9.37 Å². The van der Waals surface area contributed by atoms with Crippen LogP contribution in [0.2, 0.25) is 5.02 Å². The Labute approximate surface area is 221 Å². The van der Waals surface area contributed by atoms with E-state index in [2.05, 4.69) is 21.0 Å². The van der Waals surface area contributed by atoms with Gasteiger partial charge in [0.1, 0.15) is 18.2 Å². The third-order valence-corrected chi connectivity index (χ3v) is 6.53. The molecule has 0 bridgehead atoms. The summed E-state index contributed by atoms with van der Waals surface area (Å²) < 4.78 is 26.6. The molecule has 0 aliphatic carbocycles. The number of aromatic nitrogens is 2. The third kappa shape index (κ3) is 5.60. The fourth-order valence-electron chi connectivity index (χ4n) is 3.59. The first-order valence-corrected chi connectivity index (χ1v) is 12.5. The second kappa shape index (κ2) is 11.2. The summed E-state index contributed by atoms with van der Waals surface area (Å²) in [5.74, 6) is 1.04. The van der Waals surface area contributed by atoms with Crippen LogP contribution in [0.1, 0.15) is 43.1 Å². The zero-order valence-electron chi connectivity index (χ0n) is 20.0. The number of ether oxygens (including phenoxy) is 2. The standard InChI is InChI=1S/C27H24BrClFN3O3/c1-4-16(2)26-32-23-10-7-19(28)13-21(23)27(34)33(26)31-14-18-11-22(29)25(24(12-18)35-3)36-15-17-5-8-20(30)9-6-17/h5-14,16H,4,15H2,1-3H3/t16-/m1/s1. The quantitative estimate of drug-likeness (QED) is 0.215. The van der Waals surface area contributed by atoms with Crippen LogP contribution in [-0.4, -0.2) is 23.0 Å². The molecule has 0 saturated carbocycles. The summed E-state index contributed by atoms with van der Waals surface area (Å²) in [7, 11) is 1.51. The molecule has 3 aromatic carbocycles. The summed E-state index contributed by atoms with van der Waals surface area (Å²) in [6.45, 7) is 4.23. The van der Waals surface area contributed by atoms with Crippen LogP contribution >= 0.6 is 27.5 Å². The molecule has 0 spiro atoms. The molecule has 1 atom stereocenters. The molecule has 0 aliphatic rings. The minimum Gasteiger partial charge on any atom is -0.493 e. The van der Waals surface area contributed by atoms with E-state index in [0.29, 0.717) is 38.8 Å². The molecule has 0 unspecified atom stereocenters. The molecule has 36 heavy (non-hydrogen) atoms. The predicted molar refractivity (Wildman–Crippen MR) is 144 cm³/mol. The van der Waals surface area contributed by atoms with Gasteiger partial charge in [-0.3, -0.25) is 4.79 Å². The van der Waals surface area contributed by atoms with Crippen molar-refractivity contribution in [1.82, 2.24) is 9.66 Å². The van der Waals surface area contributed by atoms with Crippen LogP contribution in [0.5, 0.6) is 11.5 Å². The lowest BCUT2D eigenvalue weighted by atomic mass is 10.1. The first-order valence-electron chi connectivity index (χ1n) is 11.3. The molecule has 0 saturated heterocycles. The van der Waals surface area contributed by atoms with Gasteiger partial charge >= 0.3 is 0 Å². The first-order chi connectivity index (χ1) is 17.3. The molecule has 4 rings (SSSR count). The number of rotatable bonds is 8. The molecule has 4 aromatic rings. The maximum atomic E-state index is 13.3. The van der Waals surface area contributed by atoms with Gasteiger partial charge in [0.2, 0.25) is 0 Å². The van der Waals surface area contributed by atoms with Crippen LogP contribution in [0.3, 0.4) is 0 Å². The molecule has 0 amide bonds. The molecule has 186 valence electrons. The molecule has 6 nitrogen and oxygen atoms in total. The Morgan fingerprint density at radius 1 is 1.19 bits per heavy atom. The van der Waals surface area contributed by atoms with E-state index in [1.807, 2.05) is 26.0 Å². The average molecular weight is 573 g/mol. The number of hydrogen-bond acceptors (Lipinski definition) is 5. The molecule has 9 heteroatoms. The van der Waals surface area contributed by atoms with Crippen molar-refractivity contribution >= 4 is 44.6 Å². The lowest BCUT2D eigenvalue weighted by Crippen LogP contribution is -2.23. The van der Waals surface area contributed by atoms with E-state index in [-0.39, 0.29) is 23.9 Å². The third-order valence-electron chi connectivity index (χ3n) is 5.76. The van der Waals surface area contributed by atoms with Crippen LogP contribution < -0.4 is 15.0 Å². The lowest BCUT2D eigenvalue weighted by Gasteiger charge is -2.15. The van der Waals surface area contributed by atoms with E-state index < -0.39 is 0 Å². The summed E-state index contributed by atoms with van der Waals surface area (Å²) >= 11 is 9.92. The molecule has 1 heterocycles. The zero-order valence-corrected chi connectivity index (χ0v) is 22.3. The summed E-state index contributed by atoms with van der Waals surface area (Å²) in [6.07, 6.45) is 2.33. The Balaban J connectivity index is 1.69. The van der Waals surface area contributed by atoms with Crippen molar-refractivity contribution in [2.45, 2.75) is 32.8 Å². The van der Waals surface area contributed by atoms with Gasteiger partial charge in [-0.15, -0.1) is 0 Å². The molecule has 0 N–H and O–H groups in total. The summed E-state index contributed by atoms with van der Waals surface area (Å²) in [4.78, 5) is 18.0. The van der Waals surface area contributed by atoms with Gasteiger partial charge in [0.25, 0.3) is 5.56 Å². The second-order valence-corrected chi connectivity index (χ2v) is 9.57. The smallest absolute Gasteiger partial charge is 0.282 e. The number of fused-ring (bicyclic) bond motifs is 1. The molecule has 0 radical (unpaired) electrons. The molecule has 1 aromatic heterocycles. The zero-order chi connectivity index (χ0) is 25.8. The minimum absolute atomic E-state index is 0.0169. The maximum Gasteiger partial charge on any atom is 0.282 e. The Morgan fingerprint density at radius 2 is 1.94 bits per heavy atom. The predicted octanol–water partition coefficient (Wildman–Crippen LogP) is 6.93. The summed E-state index contributed by atoms with van der Waals surface area (Å²) in [5.41, 5.74) is 1.76. The molecule has 0 fully saturated rings. The Bertz CT molecular complexity index is 1490. The van der Waals surface area contributed by atoms with Crippen molar-refractivity contribution < 1.29 is 13.9 Å². The van der Waals surface area contributed by atoms with Gasteiger partial charge in [0.15, 0.2) is 11.5 Å². The van der Waals surface area contributed by atoms with Crippen LogP contribution in [0, 0.1) is 5.82 Å². The Hall–Kier alpha value is -3.23. The van der Waals surface area contributed by atoms with Crippen molar-refractivity contribution in [2.24, 2.45) is 5.10 Å². The number of methoxy groups -OCH3 is 1. The fraction of sp³-hybridized carbons (Fsp3) is 0.222. The summed E-state index contributed by atoms with van der Waals surface area (Å²) in [6, 6.07) is 14.8. The summed E-state index contributed by atoms with van der Waals surface area (Å²) in [5, 5.41) is 5.26. The fourth-order valence-corrected chi connectivity index (χ4v) is 4.23. The van der Waals surface area contributed by atoms with E-state index >= 15 is 0 Å². The Kier molecular flexibility index (Phi) is 8.06. The van der Waals surface area contributed by atoms with E-state index in [1.54, 1.807) is 30.3 Å². The van der Waals surface area contributed by atoms with Crippen molar-refractivity contribution in [2.75, 3.05) is 7.11 Å².